The summed E-state index contributed by atoms with van der Waals surface area (Å²) in [6.07, 6.45) is -1.08. The third-order valence-corrected chi connectivity index (χ3v) is 4.78. The van der Waals surface area contributed by atoms with E-state index in [4.69, 9.17) is 20.3 Å². The summed E-state index contributed by atoms with van der Waals surface area (Å²) in [4.78, 5) is 54.6. The Labute approximate surface area is 199 Å². The van der Waals surface area contributed by atoms with Crippen LogP contribution in [0.15, 0.2) is 24.4 Å². The number of Topliss-reactive ketones (excluding diaryl/α,β-unsaturated/α-hetero) is 1. The molecule has 2 aromatic rings. The van der Waals surface area contributed by atoms with E-state index in [1.54, 1.807) is 26.0 Å². The maximum Gasteiger partial charge on any atom is 0.328 e. The molecule has 1 aromatic heterocycles. The Morgan fingerprint density at radius 3 is 2.69 bits per heavy atom. The molecule has 1 aromatic carbocycles. The van der Waals surface area contributed by atoms with E-state index in [0.717, 1.165) is 0 Å². The van der Waals surface area contributed by atoms with Gasteiger partial charge in [-0.05, 0) is 31.9 Å². The molecule has 2 N–H and O–H groups in total. The van der Waals surface area contributed by atoms with E-state index in [0.29, 0.717) is 17.2 Å². The number of benzene rings is 1. The second-order valence-electron chi connectivity index (χ2n) is 7.79. The van der Waals surface area contributed by atoms with E-state index in [9.17, 15) is 23.6 Å². The van der Waals surface area contributed by atoms with Gasteiger partial charge in [0.25, 0.3) is 5.91 Å². The third kappa shape index (κ3) is 7.87. The van der Waals surface area contributed by atoms with Gasteiger partial charge in [0.05, 0.1) is 17.7 Å². The van der Waals surface area contributed by atoms with Gasteiger partial charge in [0.1, 0.15) is 18.3 Å². The monoisotopic (exact) mass is 485 g/mol. The molecule has 1 heterocycles. The number of ether oxygens (including phenoxy) is 2. The molecule has 2 rings (SSSR count). The number of amides is 1. The summed E-state index contributed by atoms with van der Waals surface area (Å²) in [5, 5.41) is 11.6. The van der Waals surface area contributed by atoms with Crippen LogP contribution in [-0.2, 0) is 35.1 Å². The molecule has 0 unspecified atom stereocenters. The van der Waals surface area contributed by atoms with E-state index in [1.807, 2.05) is 0 Å². The van der Waals surface area contributed by atoms with Gasteiger partial charge in [0.15, 0.2) is 6.10 Å². The highest BCUT2D eigenvalue weighted by Crippen LogP contribution is 2.23. The molecule has 0 radical (unpaired) electrons. The highest BCUT2D eigenvalue weighted by Gasteiger charge is 2.31. The van der Waals surface area contributed by atoms with Crippen molar-refractivity contribution in [1.29, 1.82) is 5.26 Å². The van der Waals surface area contributed by atoms with Crippen LogP contribution in [0.5, 0.6) is 0 Å². The van der Waals surface area contributed by atoms with E-state index < -0.39 is 54.1 Å². The zero-order valence-corrected chi connectivity index (χ0v) is 19.1. The molecule has 0 saturated heterocycles. The van der Waals surface area contributed by atoms with Gasteiger partial charge in [-0.3, -0.25) is 14.4 Å². The number of carbonyl (C=O) groups is 4. The standard InChI is InChI=1S/C23H24FN5O6/c1-13(2)34-23(33)18(7-6-15(30)12-28-26)29-22(32)19(35-20(31)8-9-25)10-14-11-27-21-16(14)4-3-5-17(21)24/h3-5,11-13,18-19,27H,6-8,10H2,1-2H3,(H,29,32)/t18-,19-/m0/s1. The summed E-state index contributed by atoms with van der Waals surface area (Å²) >= 11 is 0. The van der Waals surface area contributed by atoms with Crippen molar-refractivity contribution in [1.82, 2.24) is 10.3 Å². The average Bonchev–Trinajstić information content (AvgIpc) is 3.20. The lowest BCUT2D eigenvalue weighted by Crippen LogP contribution is -2.48. The number of aromatic nitrogens is 1. The van der Waals surface area contributed by atoms with E-state index >= 15 is 0 Å². The van der Waals surface area contributed by atoms with E-state index in [1.165, 1.54) is 18.3 Å². The molecule has 0 aliphatic heterocycles. The number of halogens is 1. The number of nitrogens with one attached hydrogen (secondary N) is 2. The summed E-state index contributed by atoms with van der Waals surface area (Å²) in [6, 6.07) is 4.71. The van der Waals surface area contributed by atoms with Gasteiger partial charge in [-0.1, -0.05) is 12.1 Å². The van der Waals surface area contributed by atoms with Gasteiger partial charge in [-0.15, -0.1) is 0 Å². The fourth-order valence-corrected chi connectivity index (χ4v) is 3.24. The lowest BCUT2D eigenvalue weighted by molar-refractivity contribution is -0.157. The number of hydrogen-bond donors (Lipinski definition) is 2. The number of para-hydroxylation sites is 1. The van der Waals surface area contributed by atoms with E-state index in [2.05, 4.69) is 15.1 Å². The molecule has 0 saturated carbocycles. The van der Waals surface area contributed by atoms with Crippen LogP contribution in [0.3, 0.4) is 0 Å². The lowest BCUT2D eigenvalue weighted by atomic mass is 10.0. The Morgan fingerprint density at radius 1 is 1.29 bits per heavy atom. The fourth-order valence-electron chi connectivity index (χ4n) is 3.24. The quantitative estimate of drug-likeness (QED) is 0.199. The summed E-state index contributed by atoms with van der Waals surface area (Å²) in [5.41, 5.74) is 9.14. The second-order valence-corrected chi connectivity index (χ2v) is 7.79. The topological polar surface area (TPSA) is 175 Å². The maximum absolute atomic E-state index is 14.0. The zero-order valence-electron chi connectivity index (χ0n) is 19.1. The number of nitriles is 1. The number of H-pyrrole nitrogens is 1. The highest BCUT2D eigenvalue weighted by atomic mass is 19.1. The van der Waals surface area contributed by atoms with Crippen LogP contribution in [0.4, 0.5) is 4.39 Å². The molecular formula is C23H24FN5O6. The van der Waals surface area contributed by atoms with Gasteiger partial charge >= 0.3 is 18.2 Å². The molecular weight excluding hydrogens is 461 g/mol. The summed E-state index contributed by atoms with van der Waals surface area (Å²) in [7, 11) is 0. The van der Waals surface area contributed by atoms with Crippen molar-refractivity contribution >= 4 is 40.7 Å². The lowest BCUT2D eigenvalue weighted by Gasteiger charge is -2.22. The van der Waals surface area contributed by atoms with Crippen molar-refractivity contribution in [3.8, 4) is 6.07 Å². The van der Waals surface area contributed by atoms with Gasteiger partial charge < -0.3 is 25.3 Å². The Kier molecular flexibility index (Phi) is 9.81. The minimum Gasteiger partial charge on any atom is -0.461 e. The average molecular weight is 485 g/mol. The molecule has 184 valence electrons. The van der Waals surface area contributed by atoms with Crippen molar-refractivity contribution in [2.24, 2.45) is 0 Å². The summed E-state index contributed by atoms with van der Waals surface area (Å²) in [6.45, 7) is 3.20. The normalized spacial score (nSPS) is 12.2. The number of ketones is 1. The number of rotatable bonds is 12. The third-order valence-electron chi connectivity index (χ3n) is 4.78. The molecule has 35 heavy (non-hydrogen) atoms. The number of nitrogens with zero attached hydrogens (tertiary/aromatic N) is 3. The SMILES string of the molecule is CC(C)OC(=O)[C@H](CCC(=O)C=[N+]=[N-])NC(=O)[C@H](Cc1c[nH]c2c(F)cccc12)OC(=O)CC#N. The summed E-state index contributed by atoms with van der Waals surface area (Å²) in [5.74, 6) is -3.77. The molecule has 12 heteroatoms. The molecule has 0 fully saturated rings. The first-order valence-electron chi connectivity index (χ1n) is 10.7. The molecule has 2 atom stereocenters. The predicted octanol–water partition coefficient (Wildman–Crippen LogP) is 1.76. The maximum atomic E-state index is 14.0. The van der Waals surface area contributed by atoms with Gasteiger partial charge in [0.2, 0.25) is 5.78 Å². The second kappa shape index (κ2) is 12.8. The number of aromatic amines is 1. The molecule has 11 nitrogen and oxygen atoms in total. The van der Waals surface area contributed by atoms with Crippen molar-refractivity contribution in [2.75, 3.05) is 0 Å². The van der Waals surface area contributed by atoms with Crippen molar-refractivity contribution in [2.45, 2.75) is 57.8 Å². The first kappa shape index (κ1) is 26.9. The number of fused-ring (bicyclic) bond motifs is 1. The Balaban J connectivity index is 2.28. The Morgan fingerprint density at radius 2 is 2.03 bits per heavy atom. The number of esters is 2. The first-order valence-corrected chi connectivity index (χ1v) is 10.7. The van der Waals surface area contributed by atoms with Crippen LogP contribution < -0.4 is 5.32 Å². The van der Waals surface area contributed by atoms with Crippen molar-refractivity contribution in [3.05, 3.63) is 41.3 Å². The van der Waals surface area contributed by atoms with Crippen LogP contribution in [0.25, 0.3) is 16.4 Å². The predicted molar refractivity (Wildman–Crippen MR) is 119 cm³/mol. The summed E-state index contributed by atoms with van der Waals surface area (Å²) < 4.78 is 24.4. The molecule has 1 amide bonds. The highest BCUT2D eigenvalue weighted by molar-refractivity contribution is 6.25. The molecule has 0 aliphatic rings. The van der Waals surface area contributed by atoms with Crippen LogP contribution in [-0.4, -0.2) is 57.9 Å². The minimum absolute atomic E-state index is 0.181. The van der Waals surface area contributed by atoms with Crippen LogP contribution in [0.1, 0.15) is 38.7 Å². The van der Waals surface area contributed by atoms with Crippen LogP contribution in [0, 0.1) is 17.1 Å². The minimum atomic E-state index is -1.47. The van der Waals surface area contributed by atoms with Crippen LogP contribution >= 0.6 is 0 Å². The molecule has 0 aliphatic carbocycles. The number of hydrogen-bond acceptors (Lipinski definition) is 7. The van der Waals surface area contributed by atoms with Gasteiger partial charge in [0, 0.05) is 24.4 Å². The number of carbonyl (C=O) groups excluding carboxylic acids is 4. The fraction of sp³-hybridized carbons (Fsp3) is 0.391. The van der Waals surface area contributed by atoms with Crippen molar-refractivity contribution < 1.29 is 37.8 Å². The van der Waals surface area contributed by atoms with Gasteiger partial charge in [-0.25, -0.2) is 9.18 Å². The van der Waals surface area contributed by atoms with E-state index in [-0.39, 0.29) is 24.8 Å². The molecule has 0 bridgehead atoms. The Bertz CT molecular complexity index is 1190. The smallest absolute Gasteiger partial charge is 0.328 e. The van der Waals surface area contributed by atoms with Crippen molar-refractivity contribution in [3.63, 3.8) is 0 Å². The Hall–Kier alpha value is -4.36. The largest absolute Gasteiger partial charge is 0.461 e. The van der Waals surface area contributed by atoms with Gasteiger partial charge in [-0.2, -0.15) is 10.1 Å². The molecule has 0 spiro atoms. The van der Waals surface area contributed by atoms with Crippen LogP contribution in [0.2, 0.25) is 0 Å². The first-order chi connectivity index (χ1) is 16.7. The zero-order chi connectivity index (χ0) is 26.0.